The largest absolute Gasteiger partial charge is 0.396 e. The maximum Gasteiger partial charge on any atom is 0.0431 e. The number of hydrogen-bond donors (Lipinski definition) is 1. The molecule has 1 atom stereocenters. The van der Waals surface area contributed by atoms with Crippen molar-refractivity contribution in [1.29, 1.82) is 0 Å². The minimum Gasteiger partial charge on any atom is -0.396 e. The van der Waals surface area contributed by atoms with Crippen molar-refractivity contribution in [2.45, 2.75) is 39.0 Å². The Hall–Kier alpha value is -0.0400. The lowest BCUT2D eigenvalue weighted by molar-refractivity contribution is 0.277. The first-order valence-corrected chi connectivity index (χ1v) is 4.45. The van der Waals surface area contributed by atoms with Crippen LogP contribution in [0.4, 0.5) is 0 Å². The molecule has 1 fully saturated rings. The van der Waals surface area contributed by atoms with Crippen LogP contribution < -0.4 is 0 Å². The summed E-state index contributed by atoms with van der Waals surface area (Å²) < 4.78 is 0. The Balaban J connectivity index is 1.90. The van der Waals surface area contributed by atoms with Gasteiger partial charge in [-0.3, -0.25) is 0 Å². The number of aliphatic hydroxyl groups excluding tert-OH is 1. The first-order chi connectivity index (χ1) is 4.84. The van der Waals surface area contributed by atoms with E-state index >= 15 is 0 Å². The molecule has 0 aromatic carbocycles. The molecule has 0 heterocycles. The molecule has 1 nitrogen and oxygen atoms in total. The molecule has 1 N–H and O–H groups in total. The standard InChI is InChI=1S/C9H18O/c1-8(9-5-6-9)4-2-3-7-10/h8-10H,2-7H2,1H3. The third-order valence-corrected chi connectivity index (χ3v) is 2.49. The van der Waals surface area contributed by atoms with Crippen LogP contribution in [0.5, 0.6) is 0 Å². The smallest absolute Gasteiger partial charge is 0.0431 e. The highest BCUT2D eigenvalue weighted by molar-refractivity contribution is 4.78. The average Bonchev–Trinajstić information content (AvgIpc) is 2.69. The van der Waals surface area contributed by atoms with Crippen LogP contribution in [0.2, 0.25) is 0 Å². The zero-order valence-corrected chi connectivity index (χ0v) is 6.84. The van der Waals surface area contributed by atoms with Gasteiger partial charge in [-0.15, -0.1) is 0 Å². The van der Waals surface area contributed by atoms with Crippen molar-refractivity contribution in [2.24, 2.45) is 11.8 Å². The Morgan fingerprint density at radius 2 is 2.10 bits per heavy atom. The number of aliphatic hydroxyl groups is 1. The van der Waals surface area contributed by atoms with Gasteiger partial charge >= 0.3 is 0 Å². The molecule has 0 amide bonds. The molecule has 1 aliphatic rings. The Morgan fingerprint density at radius 1 is 1.40 bits per heavy atom. The molecule has 0 aromatic rings. The molecule has 0 aromatic heterocycles. The van der Waals surface area contributed by atoms with Crippen LogP contribution in [-0.2, 0) is 0 Å². The molecule has 0 spiro atoms. The van der Waals surface area contributed by atoms with Gasteiger partial charge in [0.15, 0.2) is 0 Å². The summed E-state index contributed by atoms with van der Waals surface area (Å²) in [4.78, 5) is 0. The molecule has 0 bridgehead atoms. The van der Waals surface area contributed by atoms with E-state index in [0.717, 1.165) is 18.3 Å². The van der Waals surface area contributed by atoms with E-state index in [1.165, 1.54) is 25.7 Å². The van der Waals surface area contributed by atoms with E-state index < -0.39 is 0 Å². The molecule has 1 rings (SSSR count). The minimum atomic E-state index is 0.372. The lowest BCUT2D eigenvalue weighted by Gasteiger charge is -2.07. The third kappa shape index (κ3) is 2.70. The van der Waals surface area contributed by atoms with Gasteiger partial charge < -0.3 is 5.11 Å². The van der Waals surface area contributed by atoms with Crippen molar-refractivity contribution in [2.75, 3.05) is 6.61 Å². The van der Waals surface area contributed by atoms with Crippen LogP contribution in [0.1, 0.15) is 39.0 Å². The van der Waals surface area contributed by atoms with Gasteiger partial charge in [-0.2, -0.15) is 0 Å². The van der Waals surface area contributed by atoms with Crippen LogP contribution in [0.3, 0.4) is 0 Å². The molecule has 0 saturated heterocycles. The van der Waals surface area contributed by atoms with Crippen molar-refractivity contribution >= 4 is 0 Å². The fraction of sp³-hybridized carbons (Fsp3) is 1.00. The van der Waals surface area contributed by atoms with Crippen LogP contribution in [-0.4, -0.2) is 11.7 Å². The first-order valence-electron chi connectivity index (χ1n) is 4.45. The van der Waals surface area contributed by atoms with E-state index in [1.807, 2.05) is 0 Å². The van der Waals surface area contributed by atoms with Gasteiger partial charge in [-0.1, -0.05) is 19.8 Å². The molecule has 0 radical (unpaired) electrons. The van der Waals surface area contributed by atoms with Crippen molar-refractivity contribution in [1.82, 2.24) is 0 Å². The molecular weight excluding hydrogens is 124 g/mol. The fourth-order valence-electron chi connectivity index (χ4n) is 1.48. The summed E-state index contributed by atoms with van der Waals surface area (Å²) in [5.41, 5.74) is 0. The van der Waals surface area contributed by atoms with E-state index in [-0.39, 0.29) is 0 Å². The monoisotopic (exact) mass is 142 g/mol. The maximum absolute atomic E-state index is 8.53. The first kappa shape index (κ1) is 8.06. The Morgan fingerprint density at radius 3 is 2.60 bits per heavy atom. The number of unbranched alkanes of at least 4 members (excludes halogenated alkanes) is 1. The van der Waals surface area contributed by atoms with Crippen molar-refractivity contribution < 1.29 is 5.11 Å². The lowest BCUT2D eigenvalue weighted by atomic mass is 9.99. The van der Waals surface area contributed by atoms with Crippen LogP contribution in [0.15, 0.2) is 0 Å². The molecule has 60 valence electrons. The zero-order chi connectivity index (χ0) is 7.40. The van der Waals surface area contributed by atoms with Gasteiger partial charge in [0.2, 0.25) is 0 Å². The molecule has 0 aliphatic heterocycles. The predicted molar refractivity (Wildman–Crippen MR) is 42.8 cm³/mol. The van der Waals surface area contributed by atoms with Gasteiger partial charge in [-0.25, -0.2) is 0 Å². The molecule has 10 heavy (non-hydrogen) atoms. The highest BCUT2D eigenvalue weighted by atomic mass is 16.2. The molecule has 1 aliphatic carbocycles. The van der Waals surface area contributed by atoms with Crippen molar-refractivity contribution in [3.63, 3.8) is 0 Å². The number of rotatable bonds is 5. The second-order valence-corrected chi connectivity index (χ2v) is 3.53. The van der Waals surface area contributed by atoms with Crippen LogP contribution >= 0.6 is 0 Å². The summed E-state index contributed by atoms with van der Waals surface area (Å²) in [5.74, 6) is 1.96. The minimum absolute atomic E-state index is 0.372. The summed E-state index contributed by atoms with van der Waals surface area (Å²) in [7, 11) is 0. The van der Waals surface area contributed by atoms with Crippen molar-refractivity contribution in [3.05, 3.63) is 0 Å². The molecule has 1 saturated carbocycles. The number of hydrogen-bond acceptors (Lipinski definition) is 1. The van der Waals surface area contributed by atoms with E-state index in [1.54, 1.807) is 0 Å². The quantitative estimate of drug-likeness (QED) is 0.583. The van der Waals surface area contributed by atoms with E-state index in [9.17, 15) is 0 Å². The van der Waals surface area contributed by atoms with Crippen LogP contribution in [0, 0.1) is 11.8 Å². The third-order valence-electron chi connectivity index (χ3n) is 2.49. The van der Waals surface area contributed by atoms with Gasteiger partial charge in [0.25, 0.3) is 0 Å². The summed E-state index contributed by atoms with van der Waals surface area (Å²) in [6, 6.07) is 0. The second kappa shape index (κ2) is 3.97. The molecular formula is C9H18O. The fourth-order valence-corrected chi connectivity index (χ4v) is 1.48. The second-order valence-electron chi connectivity index (χ2n) is 3.53. The maximum atomic E-state index is 8.53. The SMILES string of the molecule is CC(CCCCO)C1CC1. The van der Waals surface area contributed by atoms with E-state index in [2.05, 4.69) is 6.92 Å². The Labute approximate surface area is 63.4 Å². The van der Waals surface area contributed by atoms with E-state index in [0.29, 0.717) is 6.61 Å². The Bertz CT molecular complexity index is 86.7. The zero-order valence-electron chi connectivity index (χ0n) is 6.84. The van der Waals surface area contributed by atoms with E-state index in [4.69, 9.17) is 5.11 Å². The van der Waals surface area contributed by atoms with Gasteiger partial charge in [0, 0.05) is 6.61 Å². The highest BCUT2D eigenvalue weighted by Crippen LogP contribution is 2.38. The summed E-state index contributed by atoms with van der Waals surface area (Å²) in [5, 5.41) is 8.53. The topological polar surface area (TPSA) is 20.2 Å². The van der Waals surface area contributed by atoms with Gasteiger partial charge in [0.05, 0.1) is 0 Å². The van der Waals surface area contributed by atoms with Crippen molar-refractivity contribution in [3.8, 4) is 0 Å². The lowest BCUT2D eigenvalue weighted by Crippen LogP contribution is -1.97. The van der Waals surface area contributed by atoms with Crippen LogP contribution in [0.25, 0.3) is 0 Å². The highest BCUT2D eigenvalue weighted by Gasteiger charge is 2.26. The average molecular weight is 142 g/mol. The summed E-state index contributed by atoms with van der Waals surface area (Å²) >= 11 is 0. The normalized spacial score (nSPS) is 21.0. The predicted octanol–water partition coefficient (Wildman–Crippen LogP) is 2.20. The molecule has 1 unspecified atom stereocenters. The van der Waals surface area contributed by atoms with Gasteiger partial charge in [0.1, 0.15) is 0 Å². The van der Waals surface area contributed by atoms with Gasteiger partial charge in [-0.05, 0) is 31.1 Å². The summed E-state index contributed by atoms with van der Waals surface area (Å²) in [6.07, 6.45) is 6.46. The Kier molecular flexibility index (Phi) is 3.20. The summed E-state index contributed by atoms with van der Waals surface area (Å²) in [6.45, 7) is 2.71. The molecule has 1 heteroatoms.